The topological polar surface area (TPSA) is 108 Å². The summed E-state index contributed by atoms with van der Waals surface area (Å²) < 4.78 is 29.3. The van der Waals surface area contributed by atoms with Crippen molar-refractivity contribution in [3.05, 3.63) is 60.7 Å². The van der Waals surface area contributed by atoms with Gasteiger partial charge in [0, 0.05) is 40.7 Å². The van der Waals surface area contributed by atoms with Crippen LogP contribution in [0.3, 0.4) is 0 Å². The predicted molar refractivity (Wildman–Crippen MR) is 150 cm³/mol. The fourth-order valence-electron chi connectivity index (χ4n) is 3.82. The number of sulfonamides is 1. The molecule has 0 bridgehead atoms. The number of hydrogen-bond acceptors (Lipinski definition) is 4. The smallest absolute Gasteiger partial charge is 0.321 e. The summed E-state index contributed by atoms with van der Waals surface area (Å²) >= 11 is 0. The van der Waals surface area contributed by atoms with E-state index >= 15 is 0 Å². The Morgan fingerprint density at radius 3 is 1.95 bits per heavy atom. The van der Waals surface area contributed by atoms with Crippen LogP contribution in [0, 0.1) is 5.41 Å². The zero-order valence-electron chi connectivity index (χ0n) is 22.1. The molecule has 3 amide bonds. The van der Waals surface area contributed by atoms with Gasteiger partial charge in [0.2, 0.25) is 5.91 Å². The molecule has 0 spiro atoms. The number of anilines is 3. The highest BCUT2D eigenvalue weighted by atomic mass is 32.2. The second-order valence-corrected chi connectivity index (χ2v) is 11.6. The van der Waals surface area contributed by atoms with Gasteiger partial charge < -0.3 is 15.5 Å². The first-order valence-electron chi connectivity index (χ1n) is 12.5. The molecule has 3 aromatic carbocycles. The molecule has 3 N–H and O–H groups in total. The fraction of sp³-hybridized carbons (Fsp3) is 0.357. The Labute approximate surface area is 219 Å². The Morgan fingerprint density at radius 1 is 0.784 bits per heavy atom. The van der Waals surface area contributed by atoms with Gasteiger partial charge in [0.15, 0.2) is 0 Å². The van der Waals surface area contributed by atoms with Crippen LogP contribution in [0.1, 0.15) is 47.5 Å². The van der Waals surface area contributed by atoms with Crippen molar-refractivity contribution in [2.24, 2.45) is 5.41 Å². The summed E-state index contributed by atoms with van der Waals surface area (Å²) in [5.41, 5.74) is 0.950. The van der Waals surface area contributed by atoms with Gasteiger partial charge in [-0.05, 0) is 49.2 Å². The zero-order valence-corrected chi connectivity index (χ0v) is 22.9. The molecule has 0 aliphatic heterocycles. The summed E-state index contributed by atoms with van der Waals surface area (Å²) in [6.07, 6.45) is 1.70. The van der Waals surface area contributed by atoms with Crippen molar-refractivity contribution in [1.29, 1.82) is 0 Å². The number of fused-ring (bicyclic) bond motifs is 1. The number of rotatable bonds is 9. The van der Waals surface area contributed by atoms with Crippen molar-refractivity contribution in [3.8, 4) is 0 Å². The van der Waals surface area contributed by atoms with Crippen molar-refractivity contribution < 1.29 is 18.0 Å². The molecular weight excluding hydrogens is 488 g/mol. The predicted octanol–water partition coefficient (Wildman–Crippen LogP) is 6.28. The lowest BCUT2D eigenvalue weighted by molar-refractivity contribution is -0.123. The molecule has 0 atom stereocenters. The Morgan fingerprint density at radius 2 is 1.35 bits per heavy atom. The average Bonchev–Trinajstić information content (AvgIpc) is 2.84. The van der Waals surface area contributed by atoms with Crippen molar-refractivity contribution in [2.75, 3.05) is 28.4 Å². The van der Waals surface area contributed by atoms with Crippen LogP contribution in [0.25, 0.3) is 10.8 Å². The Hall–Kier alpha value is -3.59. The third-order valence-electron chi connectivity index (χ3n) is 5.76. The number of nitrogens with one attached hydrogen (secondary N) is 3. The van der Waals surface area contributed by atoms with Crippen LogP contribution in [-0.4, -0.2) is 38.3 Å². The number of benzene rings is 3. The van der Waals surface area contributed by atoms with Gasteiger partial charge in [-0.25, -0.2) is 13.2 Å². The van der Waals surface area contributed by atoms with Gasteiger partial charge in [0.25, 0.3) is 10.0 Å². The molecule has 0 heterocycles. The molecule has 8 nitrogen and oxygen atoms in total. The number of amides is 3. The summed E-state index contributed by atoms with van der Waals surface area (Å²) in [7, 11) is -3.94. The van der Waals surface area contributed by atoms with Crippen molar-refractivity contribution in [2.45, 2.75) is 52.4 Å². The molecule has 37 heavy (non-hydrogen) atoms. The Balaban J connectivity index is 1.85. The molecule has 198 valence electrons. The standard InChI is InChI=1S/C28H36N4O4S/c1-6-18-32(19-7-2)27(34)30-24-12-8-11-23-22(24)10-9-13-25(23)37(35,36)31-21-16-14-20(15-17-21)29-26(33)28(3,4)5/h8-17,31H,6-7,18-19H2,1-5H3,(H,29,33)(H,30,34). The Bertz CT molecular complexity index is 1360. The average molecular weight is 525 g/mol. The first-order chi connectivity index (χ1) is 17.5. The van der Waals surface area contributed by atoms with E-state index in [2.05, 4.69) is 15.4 Å². The van der Waals surface area contributed by atoms with Crippen LogP contribution in [0.5, 0.6) is 0 Å². The molecule has 0 radical (unpaired) electrons. The molecule has 3 aromatic rings. The Kier molecular flexibility index (Phi) is 8.81. The molecule has 0 aromatic heterocycles. The summed E-state index contributed by atoms with van der Waals surface area (Å²) in [6, 6.07) is 16.5. The summed E-state index contributed by atoms with van der Waals surface area (Å²) in [5, 5.41) is 6.90. The van der Waals surface area contributed by atoms with E-state index in [0.29, 0.717) is 40.9 Å². The molecule has 0 fully saturated rings. The highest BCUT2D eigenvalue weighted by molar-refractivity contribution is 7.93. The minimum Gasteiger partial charge on any atom is -0.326 e. The van der Waals surface area contributed by atoms with Gasteiger partial charge in [-0.15, -0.1) is 0 Å². The van der Waals surface area contributed by atoms with Gasteiger partial charge in [0.1, 0.15) is 0 Å². The highest BCUT2D eigenvalue weighted by Gasteiger charge is 2.22. The third kappa shape index (κ3) is 7.01. The molecule has 0 unspecified atom stereocenters. The third-order valence-corrected chi connectivity index (χ3v) is 7.20. The number of nitrogens with zero attached hydrogens (tertiary/aromatic N) is 1. The first kappa shape index (κ1) is 28.0. The van der Waals surface area contributed by atoms with E-state index in [0.717, 1.165) is 12.8 Å². The minimum absolute atomic E-state index is 0.102. The second-order valence-electron chi connectivity index (χ2n) is 9.96. The summed E-state index contributed by atoms with van der Waals surface area (Å²) in [5.74, 6) is -0.132. The van der Waals surface area contributed by atoms with E-state index in [-0.39, 0.29) is 16.8 Å². The first-order valence-corrected chi connectivity index (χ1v) is 14.0. The maximum Gasteiger partial charge on any atom is 0.321 e. The van der Waals surface area contributed by atoms with Gasteiger partial charge in [0.05, 0.1) is 10.6 Å². The number of carbonyl (C=O) groups excluding carboxylic acids is 2. The molecule has 0 saturated carbocycles. The zero-order chi connectivity index (χ0) is 27.2. The van der Waals surface area contributed by atoms with Gasteiger partial charge >= 0.3 is 6.03 Å². The lowest BCUT2D eigenvalue weighted by Crippen LogP contribution is -2.36. The number of hydrogen-bond donors (Lipinski definition) is 3. The van der Waals surface area contributed by atoms with Crippen molar-refractivity contribution >= 4 is 49.8 Å². The van der Waals surface area contributed by atoms with Crippen molar-refractivity contribution in [1.82, 2.24) is 4.90 Å². The van der Waals surface area contributed by atoms with E-state index in [9.17, 15) is 18.0 Å². The van der Waals surface area contributed by atoms with Crippen LogP contribution < -0.4 is 15.4 Å². The molecule has 3 rings (SSSR count). The van der Waals surface area contributed by atoms with E-state index in [1.54, 1.807) is 59.5 Å². The molecule has 0 aliphatic carbocycles. The number of urea groups is 1. The SMILES string of the molecule is CCCN(CCC)C(=O)Nc1cccc2c(S(=O)(=O)Nc3ccc(NC(=O)C(C)(C)C)cc3)cccc12. The quantitative estimate of drug-likeness (QED) is 0.306. The van der Waals surface area contributed by atoms with E-state index in [1.807, 2.05) is 34.6 Å². The van der Waals surface area contributed by atoms with Crippen LogP contribution in [0.4, 0.5) is 21.9 Å². The molecular formula is C28H36N4O4S. The monoisotopic (exact) mass is 524 g/mol. The summed E-state index contributed by atoms with van der Waals surface area (Å²) in [4.78, 5) is 26.9. The molecule has 9 heteroatoms. The molecule has 0 saturated heterocycles. The number of carbonyl (C=O) groups is 2. The lowest BCUT2D eigenvalue weighted by Gasteiger charge is -2.22. The van der Waals surface area contributed by atoms with Crippen LogP contribution in [-0.2, 0) is 14.8 Å². The van der Waals surface area contributed by atoms with E-state index in [4.69, 9.17) is 0 Å². The summed E-state index contributed by atoms with van der Waals surface area (Å²) in [6.45, 7) is 10.8. The largest absolute Gasteiger partial charge is 0.326 e. The van der Waals surface area contributed by atoms with Crippen molar-refractivity contribution in [3.63, 3.8) is 0 Å². The second kappa shape index (κ2) is 11.6. The normalized spacial score (nSPS) is 11.7. The fourth-order valence-corrected chi connectivity index (χ4v) is 5.11. The van der Waals surface area contributed by atoms with Gasteiger partial charge in [-0.1, -0.05) is 58.9 Å². The van der Waals surface area contributed by atoms with E-state index < -0.39 is 15.4 Å². The van der Waals surface area contributed by atoms with Crippen LogP contribution in [0.2, 0.25) is 0 Å². The van der Waals surface area contributed by atoms with E-state index in [1.165, 1.54) is 6.07 Å². The highest BCUT2D eigenvalue weighted by Crippen LogP contribution is 2.30. The van der Waals surface area contributed by atoms with Crippen LogP contribution in [0.15, 0.2) is 65.6 Å². The molecule has 0 aliphatic rings. The van der Waals surface area contributed by atoms with Crippen LogP contribution >= 0.6 is 0 Å². The maximum absolute atomic E-state index is 13.3. The lowest BCUT2D eigenvalue weighted by atomic mass is 9.95. The van der Waals surface area contributed by atoms with Gasteiger partial charge in [-0.2, -0.15) is 0 Å². The van der Waals surface area contributed by atoms with Gasteiger partial charge in [-0.3, -0.25) is 9.52 Å². The maximum atomic E-state index is 13.3. The minimum atomic E-state index is -3.94.